The maximum atomic E-state index is 14.6. The molecule has 3 N–H and O–H groups in total. The van der Waals surface area contributed by atoms with Gasteiger partial charge < -0.3 is 15.6 Å². The topological polar surface area (TPSA) is 111 Å². The third-order valence-corrected chi connectivity index (χ3v) is 4.00. The molecule has 7 nitrogen and oxygen atoms in total. The van der Waals surface area contributed by atoms with Gasteiger partial charge in [0.15, 0.2) is 5.82 Å². The fourth-order valence-electron chi connectivity index (χ4n) is 2.56. The fourth-order valence-corrected chi connectivity index (χ4v) is 2.70. The monoisotopic (exact) mass is 420 g/mol. The van der Waals surface area contributed by atoms with Gasteiger partial charge in [0.05, 0.1) is 29.0 Å². The number of nitrogens with two attached hydrogens (primary N) is 1. The van der Waals surface area contributed by atoms with Gasteiger partial charge >= 0.3 is 5.97 Å². The van der Waals surface area contributed by atoms with Crippen molar-refractivity contribution in [3.05, 3.63) is 65.2 Å². The van der Waals surface area contributed by atoms with E-state index in [9.17, 15) is 13.6 Å². The lowest BCUT2D eigenvalue weighted by Crippen LogP contribution is -2.26. The second-order valence-corrected chi connectivity index (χ2v) is 6.58. The summed E-state index contributed by atoms with van der Waals surface area (Å²) >= 11 is 5.63. The molecule has 3 rings (SSSR count). The Hall–Kier alpha value is -3.17. The van der Waals surface area contributed by atoms with Crippen molar-refractivity contribution in [2.75, 3.05) is 0 Å². The van der Waals surface area contributed by atoms with Gasteiger partial charge in [0.25, 0.3) is 5.88 Å². The maximum absolute atomic E-state index is 14.6. The number of hydrogen-bond donors (Lipinski definition) is 2. The lowest BCUT2D eigenvalue weighted by atomic mass is 10.1. The zero-order valence-electron chi connectivity index (χ0n) is 14.8. The number of carbonyl (C=O) groups is 1. The second kappa shape index (κ2) is 8.89. The molecule has 10 heteroatoms. The lowest BCUT2D eigenvalue weighted by molar-refractivity contribution is -0.137. The highest BCUT2D eigenvalue weighted by Crippen LogP contribution is 2.28. The molecular weight excluding hydrogens is 406 g/mol. The molecule has 0 radical (unpaired) electrons. The predicted molar refractivity (Wildman–Crippen MR) is 101 cm³/mol. The minimum atomic E-state index is -1.02. The molecule has 0 spiro atoms. The van der Waals surface area contributed by atoms with E-state index in [4.69, 9.17) is 27.2 Å². The number of benzene rings is 1. The van der Waals surface area contributed by atoms with E-state index in [1.54, 1.807) is 0 Å². The van der Waals surface area contributed by atoms with Gasteiger partial charge in [-0.25, -0.2) is 18.7 Å². The molecule has 1 atom stereocenters. The molecule has 1 aromatic carbocycles. The molecule has 0 fully saturated rings. The molecule has 3 aromatic rings. The molecule has 0 aliphatic rings. The highest BCUT2D eigenvalue weighted by Gasteiger charge is 2.14. The molecule has 0 aliphatic carbocycles. The van der Waals surface area contributed by atoms with E-state index < -0.39 is 23.6 Å². The van der Waals surface area contributed by atoms with E-state index in [1.165, 1.54) is 30.7 Å². The van der Waals surface area contributed by atoms with Crippen LogP contribution in [0.2, 0.25) is 5.02 Å². The quantitative estimate of drug-likeness (QED) is 0.600. The average Bonchev–Trinajstić information content (AvgIpc) is 2.63. The number of nitrogens with zero attached hydrogens (tertiary/aromatic N) is 3. The van der Waals surface area contributed by atoms with E-state index >= 15 is 0 Å². The number of rotatable bonds is 7. The van der Waals surface area contributed by atoms with Crippen LogP contribution in [-0.4, -0.2) is 32.1 Å². The Labute approximate surface area is 169 Å². The molecule has 1 unspecified atom stereocenters. The Bertz CT molecular complexity index is 1050. The van der Waals surface area contributed by atoms with E-state index in [-0.39, 0.29) is 40.8 Å². The molecule has 150 valence electrons. The standard InChI is InChI=1S/C19H15ClF2N4O3/c20-10-3-16(22)19(25-7-10)29-13-1-2-14(15(21)6-13)17-9-24-8-12(26-17)4-11(23)5-18(27)28/h1-3,6-9,11H,4-5,23H2,(H,27,28). The van der Waals surface area contributed by atoms with Crippen molar-refractivity contribution < 1.29 is 23.4 Å². The molecule has 0 saturated carbocycles. The number of pyridine rings is 1. The van der Waals surface area contributed by atoms with Gasteiger partial charge in [-0.2, -0.15) is 0 Å². The smallest absolute Gasteiger partial charge is 0.304 e. The molecule has 2 heterocycles. The van der Waals surface area contributed by atoms with Crippen LogP contribution >= 0.6 is 11.6 Å². The summed E-state index contributed by atoms with van der Waals surface area (Å²) in [7, 11) is 0. The third-order valence-electron chi connectivity index (χ3n) is 3.80. The first-order valence-corrected chi connectivity index (χ1v) is 8.76. The summed E-state index contributed by atoms with van der Waals surface area (Å²) in [5, 5.41) is 8.89. The van der Waals surface area contributed by atoms with Crippen LogP contribution in [0.15, 0.2) is 42.9 Å². The van der Waals surface area contributed by atoms with Crippen molar-refractivity contribution >= 4 is 17.6 Å². The van der Waals surface area contributed by atoms with Crippen molar-refractivity contribution in [1.29, 1.82) is 0 Å². The van der Waals surface area contributed by atoms with Gasteiger partial charge in [-0.15, -0.1) is 0 Å². The van der Waals surface area contributed by atoms with Crippen LogP contribution in [0.3, 0.4) is 0 Å². The van der Waals surface area contributed by atoms with Crippen LogP contribution in [0.25, 0.3) is 11.3 Å². The molecule has 0 bridgehead atoms. The third kappa shape index (κ3) is 5.43. The molecule has 0 saturated heterocycles. The predicted octanol–water partition coefficient (Wildman–Crippen LogP) is 3.61. The largest absolute Gasteiger partial charge is 0.481 e. The van der Waals surface area contributed by atoms with Crippen molar-refractivity contribution in [2.24, 2.45) is 5.73 Å². The molecular formula is C19H15ClF2N4O3. The zero-order valence-corrected chi connectivity index (χ0v) is 15.6. The first-order chi connectivity index (χ1) is 13.8. The van der Waals surface area contributed by atoms with Crippen LogP contribution < -0.4 is 10.5 Å². The van der Waals surface area contributed by atoms with Crippen LogP contribution in [-0.2, 0) is 11.2 Å². The van der Waals surface area contributed by atoms with Crippen molar-refractivity contribution in [3.63, 3.8) is 0 Å². The molecule has 29 heavy (non-hydrogen) atoms. The van der Waals surface area contributed by atoms with Gasteiger partial charge in [-0.05, 0) is 18.2 Å². The SMILES string of the molecule is NC(CC(=O)O)Cc1cncc(-c2ccc(Oc3ncc(Cl)cc3F)cc2F)n1. The molecule has 0 aliphatic heterocycles. The summed E-state index contributed by atoms with van der Waals surface area (Å²) in [5.74, 6) is -2.77. The maximum Gasteiger partial charge on any atom is 0.304 e. The number of hydrogen-bond acceptors (Lipinski definition) is 6. The summed E-state index contributed by atoms with van der Waals surface area (Å²) in [6.45, 7) is 0. The Kier molecular flexibility index (Phi) is 6.30. The van der Waals surface area contributed by atoms with Gasteiger partial charge in [0.1, 0.15) is 11.6 Å². The number of ether oxygens (including phenoxy) is 1. The summed E-state index contributed by atoms with van der Waals surface area (Å²) in [6, 6.07) is 4.29. The summed E-state index contributed by atoms with van der Waals surface area (Å²) in [4.78, 5) is 22.7. The Balaban J connectivity index is 1.79. The Morgan fingerprint density at radius 3 is 2.69 bits per heavy atom. The van der Waals surface area contributed by atoms with Gasteiger partial charge in [-0.1, -0.05) is 11.6 Å². The highest BCUT2D eigenvalue weighted by atomic mass is 35.5. The average molecular weight is 421 g/mol. The minimum Gasteiger partial charge on any atom is -0.481 e. The number of carboxylic acid groups (broad SMARTS) is 1. The van der Waals surface area contributed by atoms with E-state index in [1.807, 2.05) is 0 Å². The van der Waals surface area contributed by atoms with E-state index in [2.05, 4.69) is 15.0 Å². The minimum absolute atomic E-state index is 0.0348. The Morgan fingerprint density at radius 2 is 2.00 bits per heavy atom. The zero-order chi connectivity index (χ0) is 21.0. The molecule has 2 aromatic heterocycles. The van der Waals surface area contributed by atoms with Crippen LogP contribution in [0.4, 0.5) is 8.78 Å². The molecule has 0 amide bonds. The van der Waals surface area contributed by atoms with Crippen LogP contribution in [0, 0.1) is 11.6 Å². The van der Waals surface area contributed by atoms with Gasteiger partial charge in [0, 0.05) is 36.5 Å². The number of aliphatic carboxylic acids is 1. The van der Waals surface area contributed by atoms with E-state index in [0.717, 1.165) is 12.1 Å². The normalized spacial score (nSPS) is 11.9. The summed E-state index contributed by atoms with van der Waals surface area (Å²) in [5.41, 5.74) is 6.57. The number of aromatic nitrogens is 3. The second-order valence-electron chi connectivity index (χ2n) is 6.14. The van der Waals surface area contributed by atoms with E-state index in [0.29, 0.717) is 5.69 Å². The van der Waals surface area contributed by atoms with Gasteiger partial charge in [0.2, 0.25) is 0 Å². The van der Waals surface area contributed by atoms with Crippen molar-refractivity contribution in [2.45, 2.75) is 18.9 Å². The fraction of sp³-hybridized carbons (Fsp3) is 0.158. The first kappa shape index (κ1) is 20.6. The highest BCUT2D eigenvalue weighted by molar-refractivity contribution is 6.30. The Morgan fingerprint density at radius 1 is 1.21 bits per heavy atom. The summed E-state index contributed by atoms with van der Waals surface area (Å²) in [6.07, 6.45) is 3.97. The number of carboxylic acids is 1. The van der Waals surface area contributed by atoms with Gasteiger partial charge in [-0.3, -0.25) is 9.78 Å². The van der Waals surface area contributed by atoms with Crippen LogP contribution in [0.1, 0.15) is 12.1 Å². The first-order valence-electron chi connectivity index (χ1n) is 8.39. The lowest BCUT2D eigenvalue weighted by Gasteiger charge is -2.10. The van der Waals surface area contributed by atoms with Crippen molar-refractivity contribution in [3.8, 4) is 22.9 Å². The number of halogens is 3. The van der Waals surface area contributed by atoms with Crippen LogP contribution in [0.5, 0.6) is 11.6 Å². The van der Waals surface area contributed by atoms with Crippen molar-refractivity contribution in [1.82, 2.24) is 15.0 Å². The summed E-state index contributed by atoms with van der Waals surface area (Å²) < 4.78 is 33.6.